The second-order valence-corrected chi connectivity index (χ2v) is 4.60. The summed E-state index contributed by atoms with van der Waals surface area (Å²) in [5.74, 6) is -0.133. The highest BCUT2D eigenvalue weighted by molar-refractivity contribution is 9.10. The molecular weight excluding hydrogens is 323 g/mol. The van der Waals surface area contributed by atoms with Crippen LogP contribution in [0.3, 0.4) is 0 Å². The van der Waals surface area contributed by atoms with Crippen LogP contribution in [0.1, 0.15) is 0 Å². The van der Waals surface area contributed by atoms with Gasteiger partial charge in [-0.1, -0.05) is 11.6 Å². The molecule has 0 aliphatic carbocycles. The van der Waals surface area contributed by atoms with E-state index in [0.717, 1.165) is 0 Å². The molecule has 2 N–H and O–H groups in total. The normalized spacial score (nSPS) is 9.72. The fraction of sp³-hybridized carbons (Fsp3) is 0.273. The molecule has 0 bridgehead atoms. The van der Waals surface area contributed by atoms with E-state index in [1.54, 1.807) is 18.2 Å². The summed E-state index contributed by atoms with van der Waals surface area (Å²) in [6.45, 7) is -0.238. The fourth-order valence-electron chi connectivity index (χ4n) is 1.05. The van der Waals surface area contributed by atoms with Gasteiger partial charge in [-0.25, -0.2) is 0 Å². The molecule has 2 amide bonds. The Labute approximate surface area is 118 Å². The Balaban J connectivity index is 2.40. The van der Waals surface area contributed by atoms with Gasteiger partial charge in [-0.3, -0.25) is 9.59 Å². The molecule has 0 atom stereocenters. The topological polar surface area (TPSA) is 67.4 Å². The molecule has 1 aromatic rings. The predicted molar refractivity (Wildman–Crippen MR) is 71.7 cm³/mol. The number of halogens is 2. The number of rotatable bonds is 5. The van der Waals surface area contributed by atoms with Gasteiger partial charge in [0.2, 0.25) is 5.91 Å². The van der Waals surface area contributed by atoms with Crippen LogP contribution in [0, 0.1) is 0 Å². The van der Waals surface area contributed by atoms with Crippen molar-refractivity contribution in [3.05, 3.63) is 27.7 Å². The number of amides is 2. The van der Waals surface area contributed by atoms with Gasteiger partial charge in [-0.15, -0.1) is 0 Å². The molecule has 0 radical (unpaired) electrons. The van der Waals surface area contributed by atoms with Gasteiger partial charge in [0, 0.05) is 12.1 Å². The van der Waals surface area contributed by atoms with Crippen molar-refractivity contribution in [1.29, 1.82) is 0 Å². The molecule has 0 saturated heterocycles. The zero-order valence-electron chi connectivity index (χ0n) is 9.63. The van der Waals surface area contributed by atoms with Gasteiger partial charge in [-0.2, -0.15) is 0 Å². The summed E-state index contributed by atoms with van der Waals surface area (Å²) in [6.07, 6.45) is 0. The van der Waals surface area contributed by atoms with Crippen molar-refractivity contribution in [2.24, 2.45) is 0 Å². The number of likely N-dealkylation sites (N-methyl/N-ethyl adjacent to an activating group) is 1. The lowest BCUT2D eigenvalue weighted by molar-refractivity contribution is -0.127. The Morgan fingerprint density at radius 2 is 2.11 bits per heavy atom. The van der Waals surface area contributed by atoms with E-state index in [0.29, 0.717) is 15.2 Å². The molecule has 0 aromatic heterocycles. The van der Waals surface area contributed by atoms with E-state index < -0.39 is 0 Å². The zero-order valence-corrected chi connectivity index (χ0v) is 12.0. The van der Waals surface area contributed by atoms with Gasteiger partial charge in [0.25, 0.3) is 5.91 Å². The lowest BCUT2D eigenvalue weighted by atomic mass is 10.3. The van der Waals surface area contributed by atoms with Crippen molar-refractivity contribution in [2.45, 2.75) is 0 Å². The van der Waals surface area contributed by atoms with E-state index in [2.05, 4.69) is 26.6 Å². The van der Waals surface area contributed by atoms with Crippen LogP contribution in [0.5, 0.6) is 5.75 Å². The SMILES string of the molecule is CNC(=O)CNC(=O)COc1ccc(Cl)cc1Br. The van der Waals surface area contributed by atoms with Crippen LogP contribution in [0.2, 0.25) is 5.02 Å². The number of nitrogens with one attached hydrogen (secondary N) is 2. The molecule has 98 valence electrons. The van der Waals surface area contributed by atoms with Gasteiger partial charge in [0.15, 0.2) is 6.61 Å². The second kappa shape index (κ2) is 7.23. The maximum Gasteiger partial charge on any atom is 0.258 e. The van der Waals surface area contributed by atoms with Crippen molar-refractivity contribution in [2.75, 3.05) is 20.2 Å². The lowest BCUT2D eigenvalue weighted by Gasteiger charge is -2.08. The third-order valence-electron chi connectivity index (χ3n) is 1.98. The zero-order chi connectivity index (χ0) is 13.5. The van der Waals surface area contributed by atoms with Crippen molar-refractivity contribution in [3.8, 4) is 5.75 Å². The summed E-state index contributed by atoms with van der Waals surface area (Å²) < 4.78 is 5.93. The van der Waals surface area contributed by atoms with Gasteiger partial charge in [0.05, 0.1) is 11.0 Å². The summed E-state index contributed by atoms with van der Waals surface area (Å²) in [7, 11) is 1.50. The van der Waals surface area contributed by atoms with Crippen molar-refractivity contribution in [1.82, 2.24) is 10.6 Å². The number of benzene rings is 1. The van der Waals surface area contributed by atoms with Crippen molar-refractivity contribution < 1.29 is 14.3 Å². The number of hydrogen-bond acceptors (Lipinski definition) is 3. The van der Waals surface area contributed by atoms with E-state index in [9.17, 15) is 9.59 Å². The highest BCUT2D eigenvalue weighted by Gasteiger charge is 2.07. The smallest absolute Gasteiger partial charge is 0.258 e. The molecule has 0 saturated carbocycles. The van der Waals surface area contributed by atoms with Crippen molar-refractivity contribution in [3.63, 3.8) is 0 Å². The summed E-state index contributed by atoms with van der Waals surface area (Å²) >= 11 is 9.04. The lowest BCUT2D eigenvalue weighted by Crippen LogP contribution is -2.37. The minimum absolute atomic E-state index is 0.0690. The Morgan fingerprint density at radius 1 is 1.39 bits per heavy atom. The Kier molecular flexibility index (Phi) is 5.94. The first-order valence-electron chi connectivity index (χ1n) is 5.08. The average molecular weight is 336 g/mol. The molecule has 18 heavy (non-hydrogen) atoms. The van der Waals surface area contributed by atoms with E-state index in [-0.39, 0.29) is 25.0 Å². The largest absolute Gasteiger partial charge is 0.483 e. The van der Waals surface area contributed by atoms with E-state index in [1.165, 1.54) is 7.05 Å². The summed E-state index contributed by atoms with van der Waals surface area (Å²) in [5, 5.41) is 5.38. The van der Waals surface area contributed by atoms with Gasteiger partial charge >= 0.3 is 0 Å². The molecule has 0 spiro atoms. The third kappa shape index (κ3) is 4.93. The molecule has 0 aliphatic rings. The molecule has 0 heterocycles. The van der Waals surface area contributed by atoms with E-state index >= 15 is 0 Å². The quantitative estimate of drug-likeness (QED) is 0.853. The Hall–Kier alpha value is -1.27. The number of carbonyl (C=O) groups excluding carboxylic acids is 2. The van der Waals surface area contributed by atoms with Crippen LogP contribution < -0.4 is 15.4 Å². The summed E-state index contributed by atoms with van der Waals surface area (Å²) in [5.41, 5.74) is 0. The van der Waals surface area contributed by atoms with E-state index in [4.69, 9.17) is 16.3 Å². The first-order valence-corrected chi connectivity index (χ1v) is 6.25. The molecule has 1 aromatic carbocycles. The molecule has 0 unspecified atom stereocenters. The van der Waals surface area contributed by atoms with Crippen molar-refractivity contribution >= 4 is 39.3 Å². The molecule has 0 aliphatic heterocycles. The predicted octanol–water partition coefficient (Wildman–Crippen LogP) is 1.34. The first-order chi connectivity index (χ1) is 8.52. The summed E-state index contributed by atoms with van der Waals surface area (Å²) in [4.78, 5) is 22.3. The maximum atomic E-state index is 11.4. The maximum absolute atomic E-state index is 11.4. The number of hydrogen-bond donors (Lipinski definition) is 2. The third-order valence-corrected chi connectivity index (χ3v) is 2.83. The van der Waals surface area contributed by atoms with Gasteiger partial charge < -0.3 is 15.4 Å². The summed E-state index contributed by atoms with van der Waals surface area (Å²) in [6, 6.07) is 4.97. The monoisotopic (exact) mass is 334 g/mol. The average Bonchev–Trinajstić information content (AvgIpc) is 2.34. The van der Waals surface area contributed by atoms with Crippen LogP contribution in [-0.4, -0.2) is 32.0 Å². The van der Waals surface area contributed by atoms with Crippen LogP contribution >= 0.6 is 27.5 Å². The Morgan fingerprint density at radius 3 is 2.72 bits per heavy atom. The van der Waals surface area contributed by atoms with Gasteiger partial charge in [0.1, 0.15) is 5.75 Å². The second-order valence-electron chi connectivity index (χ2n) is 3.31. The van der Waals surface area contributed by atoms with Crippen LogP contribution in [0.25, 0.3) is 0 Å². The molecular formula is C11H12BrClN2O3. The standard InChI is InChI=1S/C11H12BrClN2O3/c1-14-10(16)5-15-11(17)6-18-9-3-2-7(13)4-8(9)12/h2-4H,5-6H2,1H3,(H,14,16)(H,15,17). The molecule has 1 rings (SSSR count). The molecule has 7 heteroatoms. The Bertz CT molecular complexity index is 454. The number of carbonyl (C=O) groups is 2. The highest BCUT2D eigenvalue weighted by atomic mass is 79.9. The van der Waals surface area contributed by atoms with Crippen LogP contribution in [0.15, 0.2) is 22.7 Å². The fourth-order valence-corrected chi connectivity index (χ4v) is 1.85. The minimum atomic E-state index is -0.375. The van der Waals surface area contributed by atoms with Crippen LogP contribution in [0.4, 0.5) is 0 Å². The van der Waals surface area contributed by atoms with Crippen LogP contribution in [-0.2, 0) is 9.59 Å². The molecule has 5 nitrogen and oxygen atoms in total. The van der Waals surface area contributed by atoms with E-state index in [1.807, 2.05) is 0 Å². The van der Waals surface area contributed by atoms with Gasteiger partial charge in [-0.05, 0) is 34.1 Å². The molecule has 0 fully saturated rings. The first kappa shape index (κ1) is 14.8. The minimum Gasteiger partial charge on any atom is -0.483 e. The highest BCUT2D eigenvalue weighted by Crippen LogP contribution is 2.27. The number of ether oxygens (including phenoxy) is 1.